The van der Waals surface area contributed by atoms with Crippen LogP contribution in [0.4, 0.5) is 5.69 Å². The third kappa shape index (κ3) is 3.77. The van der Waals surface area contributed by atoms with Crippen LogP contribution in [0.25, 0.3) is 0 Å². The molecule has 1 saturated heterocycles. The van der Waals surface area contributed by atoms with Crippen molar-refractivity contribution >= 4 is 29.1 Å². The van der Waals surface area contributed by atoms with Gasteiger partial charge >= 0.3 is 0 Å². The first-order valence-electron chi connectivity index (χ1n) is 8.13. The molecule has 1 atom stereocenters. The van der Waals surface area contributed by atoms with Gasteiger partial charge in [-0.15, -0.1) is 0 Å². The maximum Gasteiger partial charge on any atom is 0.228 e. The average molecular weight is 375 g/mol. The van der Waals surface area contributed by atoms with E-state index in [1.54, 1.807) is 53.6 Å². The largest absolute Gasteiger partial charge is 0.495 e. The first kappa shape index (κ1) is 18.1. The minimum Gasteiger partial charge on any atom is -0.495 e. The Bertz CT molecular complexity index is 815. The number of benzene rings is 1. The summed E-state index contributed by atoms with van der Waals surface area (Å²) in [7, 11) is 3.23. The van der Waals surface area contributed by atoms with Crippen LogP contribution in [0.3, 0.4) is 0 Å². The number of rotatable bonds is 5. The maximum absolute atomic E-state index is 12.7. The van der Waals surface area contributed by atoms with Gasteiger partial charge in [0.25, 0.3) is 0 Å². The van der Waals surface area contributed by atoms with E-state index in [4.69, 9.17) is 16.3 Å². The Kier molecular flexibility index (Phi) is 5.37. The van der Waals surface area contributed by atoms with E-state index < -0.39 is 5.92 Å². The van der Waals surface area contributed by atoms with Gasteiger partial charge < -0.3 is 14.5 Å². The van der Waals surface area contributed by atoms with E-state index in [1.807, 2.05) is 0 Å². The van der Waals surface area contributed by atoms with E-state index in [9.17, 15) is 9.59 Å². The number of aromatic nitrogens is 2. The Labute approximate surface area is 156 Å². The summed E-state index contributed by atoms with van der Waals surface area (Å²) in [5.41, 5.74) is 1.36. The summed E-state index contributed by atoms with van der Waals surface area (Å²) in [6.45, 7) is 0.677. The van der Waals surface area contributed by atoms with E-state index in [2.05, 4.69) is 9.97 Å². The number of nitrogens with zero attached hydrogens (tertiary/aromatic N) is 4. The molecule has 2 heterocycles. The Morgan fingerprint density at radius 3 is 2.88 bits per heavy atom. The quantitative estimate of drug-likeness (QED) is 0.801. The Balaban J connectivity index is 1.68. The number of carbonyl (C=O) groups is 2. The lowest BCUT2D eigenvalue weighted by atomic mass is 10.1. The van der Waals surface area contributed by atoms with Crippen LogP contribution in [0.5, 0.6) is 5.75 Å². The van der Waals surface area contributed by atoms with E-state index in [0.29, 0.717) is 35.2 Å². The van der Waals surface area contributed by atoms with Crippen LogP contribution in [0, 0.1) is 5.92 Å². The maximum atomic E-state index is 12.7. The number of hydrogen-bond acceptors (Lipinski definition) is 5. The highest BCUT2D eigenvalue weighted by Crippen LogP contribution is 2.32. The molecule has 1 aromatic heterocycles. The van der Waals surface area contributed by atoms with Gasteiger partial charge in [-0.2, -0.15) is 0 Å². The molecule has 0 spiro atoms. The zero-order valence-corrected chi connectivity index (χ0v) is 15.3. The van der Waals surface area contributed by atoms with Crippen molar-refractivity contribution in [3.8, 4) is 5.75 Å². The third-order valence-electron chi connectivity index (χ3n) is 4.31. The van der Waals surface area contributed by atoms with Crippen molar-refractivity contribution in [2.24, 2.45) is 5.92 Å². The Morgan fingerprint density at radius 2 is 2.23 bits per heavy atom. The normalized spacial score (nSPS) is 16.7. The second-order valence-electron chi connectivity index (χ2n) is 6.12. The van der Waals surface area contributed by atoms with E-state index in [0.717, 1.165) is 0 Å². The van der Waals surface area contributed by atoms with Crippen molar-refractivity contribution in [2.45, 2.75) is 13.0 Å². The summed E-state index contributed by atoms with van der Waals surface area (Å²) >= 11 is 6.14. The van der Waals surface area contributed by atoms with Gasteiger partial charge in [-0.3, -0.25) is 19.6 Å². The molecule has 0 unspecified atom stereocenters. The molecular formula is C18H19ClN4O3. The second-order valence-corrected chi connectivity index (χ2v) is 6.52. The smallest absolute Gasteiger partial charge is 0.228 e. The molecule has 8 heteroatoms. The van der Waals surface area contributed by atoms with Crippen molar-refractivity contribution in [2.75, 3.05) is 25.6 Å². The predicted molar refractivity (Wildman–Crippen MR) is 97.0 cm³/mol. The summed E-state index contributed by atoms with van der Waals surface area (Å²) in [5.74, 6) is -0.0490. The zero-order valence-electron chi connectivity index (χ0n) is 14.6. The molecule has 0 radical (unpaired) electrons. The van der Waals surface area contributed by atoms with Crippen molar-refractivity contribution in [1.29, 1.82) is 0 Å². The Morgan fingerprint density at radius 1 is 1.42 bits per heavy atom. The first-order valence-corrected chi connectivity index (χ1v) is 8.51. The van der Waals surface area contributed by atoms with E-state index in [1.165, 1.54) is 7.11 Å². The number of halogens is 1. The molecule has 7 nitrogen and oxygen atoms in total. The summed E-state index contributed by atoms with van der Waals surface area (Å²) in [6.07, 6.45) is 4.96. The molecule has 1 aliphatic heterocycles. The van der Waals surface area contributed by atoms with Gasteiger partial charge in [0.15, 0.2) is 0 Å². The summed E-state index contributed by atoms with van der Waals surface area (Å²) < 4.78 is 5.13. The molecule has 136 valence electrons. The molecular weight excluding hydrogens is 356 g/mol. The number of ether oxygens (including phenoxy) is 1. The average Bonchev–Trinajstić information content (AvgIpc) is 3.03. The highest BCUT2D eigenvalue weighted by molar-refractivity contribution is 6.32. The Hall–Kier alpha value is -2.67. The van der Waals surface area contributed by atoms with Crippen LogP contribution in [0.1, 0.15) is 12.1 Å². The molecule has 1 fully saturated rings. The van der Waals surface area contributed by atoms with E-state index >= 15 is 0 Å². The highest BCUT2D eigenvalue weighted by Gasteiger charge is 2.36. The fraction of sp³-hybridized carbons (Fsp3) is 0.333. The van der Waals surface area contributed by atoms with Gasteiger partial charge in [-0.25, -0.2) is 0 Å². The number of anilines is 1. The predicted octanol–water partition coefficient (Wildman–Crippen LogP) is 2.15. The molecule has 2 amide bonds. The van der Waals surface area contributed by atoms with Gasteiger partial charge in [0.1, 0.15) is 5.75 Å². The monoisotopic (exact) mass is 374 g/mol. The molecule has 1 aliphatic rings. The van der Waals surface area contributed by atoms with Crippen molar-refractivity contribution in [1.82, 2.24) is 14.9 Å². The van der Waals surface area contributed by atoms with Gasteiger partial charge in [0, 0.05) is 38.1 Å². The van der Waals surface area contributed by atoms with Crippen LogP contribution in [-0.2, 0) is 16.1 Å². The minimum atomic E-state index is -0.398. The molecule has 0 aliphatic carbocycles. The third-order valence-corrected chi connectivity index (χ3v) is 4.61. The van der Waals surface area contributed by atoms with Gasteiger partial charge in [-0.05, 0) is 18.2 Å². The number of hydrogen-bond donors (Lipinski definition) is 0. The first-order chi connectivity index (χ1) is 12.5. The van der Waals surface area contributed by atoms with E-state index in [-0.39, 0.29) is 18.2 Å². The fourth-order valence-corrected chi connectivity index (χ4v) is 3.24. The van der Waals surface area contributed by atoms with Crippen molar-refractivity contribution in [3.05, 3.63) is 47.5 Å². The lowest BCUT2D eigenvalue weighted by Gasteiger charge is -2.21. The highest BCUT2D eigenvalue weighted by atomic mass is 35.5. The van der Waals surface area contributed by atoms with Crippen LogP contribution in [0.2, 0.25) is 5.02 Å². The lowest BCUT2D eigenvalue weighted by Crippen LogP contribution is -2.34. The van der Waals surface area contributed by atoms with Crippen LogP contribution < -0.4 is 9.64 Å². The van der Waals surface area contributed by atoms with Crippen LogP contribution >= 0.6 is 11.6 Å². The minimum absolute atomic E-state index is 0.0916. The van der Waals surface area contributed by atoms with Crippen LogP contribution in [0.15, 0.2) is 36.8 Å². The van der Waals surface area contributed by atoms with Gasteiger partial charge in [-0.1, -0.05) is 11.6 Å². The molecule has 2 aromatic rings. The lowest BCUT2D eigenvalue weighted by molar-refractivity contribution is -0.135. The van der Waals surface area contributed by atoms with Gasteiger partial charge in [0.2, 0.25) is 11.8 Å². The molecule has 0 saturated carbocycles. The molecule has 0 bridgehead atoms. The number of carbonyl (C=O) groups excluding carboxylic acids is 2. The molecule has 26 heavy (non-hydrogen) atoms. The topological polar surface area (TPSA) is 75.6 Å². The van der Waals surface area contributed by atoms with Gasteiger partial charge in [0.05, 0.1) is 36.5 Å². The molecule has 1 aromatic carbocycles. The van der Waals surface area contributed by atoms with Crippen LogP contribution in [-0.4, -0.2) is 47.4 Å². The standard InChI is InChI=1S/C18H19ClN4O3/c1-22(11-13-9-20-5-6-21-13)18(25)12-7-17(24)23(10-12)14-3-4-16(26-2)15(19)8-14/h3-6,8-9,12H,7,10-11H2,1-2H3/t12-/m1/s1. The van der Waals surface area contributed by atoms with Crippen molar-refractivity contribution < 1.29 is 14.3 Å². The zero-order chi connectivity index (χ0) is 18.7. The summed E-state index contributed by atoms with van der Waals surface area (Å²) in [6, 6.07) is 5.15. The number of amides is 2. The molecule has 3 rings (SSSR count). The second kappa shape index (κ2) is 7.70. The molecule has 0 N–H and O–H groups in total. The fourth-order valence-electron chi connectivity index (χ4n) is 2.99. The summed E-state index contributed by atoms with van der Waals surface area (Å²) in [4.78, 5) is 36.4. The van der Waals surface area contributed by atoms with Crippen molar-refractivity contribution in [3.63, 3.8) is 0 Å². The summed E-state index contributed by atoms with van der Waals surface area (Å²) in [5, 5.41) is 0.423. The SMILES string of the molecule is COc1ccc(N2C[C@H](C(=O)N(C)Cc3cnccn3)CC2=O)cc1Cl. The number of methoxy groups -OCH3 is 1.